The molecule has 5 N–H and O–H groups in total. The summed E-state index contributed by atoms with van der Waals surface area (Å²) in [6.45, 7) is 21.9. The van der Waals surface area contributed by atoms with Crippen LogP contribution in [0.25, 0.3) is 0 Å². The molecule has 0 aliphatic rings. The molecular formula is C45H90NbO10. The molecule has 11 heteroatoms. The Labute approximate surface area is 359 Å². The Kier molecular flexibility index (Phi) is 60.2. The number of hydrogen-bond acceptors (Lipinski definition) is 5. The minimum absolute atomic E-state index is 0. The third kappa shape index (κ3) is 93.7. The van der Waals surface area contributed by atoms with Gasteiger partial charge in [-0.15, -0.1) is 0 Å². The van der Waals surface area contributed by atoms with Gasteiger partial charge < -0.3 is 25.5 Å². The van der Waals surface area contributed by atoms with Gasteiger partial charge in [0.25, 0.3) is 0 Å². The van der Waals surface area contributed by atoms with Crippen molar-refractivity contribution < 1.29 is 71.9 Å². The molecule has 0 aliphatic carbocycles. The smallest absolute Gasteiger partial charge is 0.303 e. The maximum Gasteiger partial charge on any atom is 0.303 e. The van der Waals surface area contributed by atoms with Crippen molar-refractivity contribution in [3.63, 3.8) is 0 Å². The third-order valence-corrected chi connectivity index (χ3v) is 8.36. The number of aliphatic carboxylic acids is 5. The minimum atomic E-state index is -0.672. The number of hydrogen-bond donors (Lipinski definition) is 5. The van der Waals surface area contributed by atoms with Gasteiger partial charge in [-0.2, -0.15) is 0 Å². The minimum Gasteiger partial charge on any atom is -0.481 e. The van der Waals surface area contributed by atoms with Crippen LogP contribution in [0.1, 0.15) is 230 Å². The van der Waals surface area contributed by atoms with Crippen molar-refractivity contribution in [1.82, 2.24) is 0 Å². The molecule has 0 saturated heterocycles. The van der Waals surface area contributed by atoms with E-state index in [0.29, 0.717) is 32.1 Å². The Hall–Kier alpha value is -1.91. The molecule has 0 unspecified atom stereocenters. The molecule has 0 heterocycles. The van der Waals surface area contributed by atoms with E-state index < -0.39 is 29.8 Å². The average Bonchev–Trinajstić information content (AvgIpc) is 3.04. The second-order valence-corrected chi connectivity index (χ2v) is 16.9. The van der Waals surface area contributed by atoms with Crippen LogP contribution in [0.5, 0.6) is 0 Å². The van der Waals surface area contributed by atoms with Crippen LogP contribution in [-0.4, -0.2) is 55.4 Å². The molecule has 0 atom stereocenters. The largest absolute Gasteiger partial charge is 0.481 e. The summed E-state index contributed by atoms with van der Waals surface area (Å²) in [6, 6.07) is 0. The van der Waals surface area contributed by atoms with Crippen LogP contribution in [0, 0.1) is 29.6 Å². The molecule has 0 amide bonds. The molecular weight excluding hydrogens is 793 g/mol. The zero-order valence-electron chi connectivity index (χ0n) is 37.8. The fraction of sp³-hybridized carbons (Fsp3) is 0.889. The van der Waals surface area contributed by atoms with E-state index in [2.05, 4.69) is 69.2 Å². The monoisotopic (exact) mass is 884 g/mol. The topological polar surface area (TPSA) is 186 Å². The van der Waals surface area contributed by atoms with E-state index in [1.165, 1.54) is 64.2 Å². The Morgan fingerprint density at radius 3 is 0.482 bits per heavy atom. The molecule has 0 aromatic heterocycles. The van der Waals surface area contributed by atoms with E-state index in [0.717, 1.165) is 93.8 Å². The van der Waals surface area contributed by atoms with Crippen molar-refractivity contribution in [2.45, 2.75) is 230 Å². The molecule has 56 heavy (non-hydrogen) atoms. The second-order valence-electron chi connectivity index (χ2n) is 16.9. The molecule has 0 bridgehead atoms. The molecule has 0 saturated carbocycles. The number of rotatable bonds is 30. The first-order valence-electron chi connectivity index (χ1n) is 21.7. The SMILES string of the molecule is CC(C)CCCCCC(=O)O.CC(C)CCCCCC(=O)O.CC(C)CCCCCC(=O)O.CC(C)CCCCCC(=O)O.CC(C)CCCCCC(=O)O.[Nb]. The van der Waals surface area contributed by atoms with E-state index >= 15 is 0 Å². The van der Waals surface area contributed by atoms with Crippen molar-refractivity contribution >= 4 is 29.8 Å². The van der Waals surface area contributed by atoms with Gasteiger partial charge in [-0.3, -0.25) is 24.0 Å². The average molecular weight is 884 g/mol. The van der Waals surface area contributed by atoms with Crippen molar-refractivity contribution in [3.05, 3.63) is 0 Å². The van der Waals surface area contributed by atoms with Crippen LogP contribution in [0.3, 0.4) is 0 Å². The van der Waals surface area contributed by atoms with E-state index in [9.17, 15) is 24.0 Å². The normalized spacial score (nSPS) is 10.3. The predicted octanol–water partition coefficient (Wildman–Crippen LogP) is 13.4. The summed E-state index contributed by atoms with van der Waals surface area (Å²) in [5, 5.41) is 41.6. The van der Waals surface area contributed by atoms with Crippen molar-refractivity contribution in [1.29, 1.82) is 0 Å². The van der Waals surface area contributed by atoms with Gasteiger partial charge in [-0.05, 0) is 61.7 Å². The van der Waals surface area contributed by atoms with Gasteiger partial charge in [0, 0.05) is 54.5 Å². The number of carboxylic acids is 5. The first kappa shape index (κ1) is 65.9. The van der Waals surface area contributed by atoms with E-state index in [1.807, 2.05) is 0 Å². The zero-order valence-corrected chi connectivity index (χ0v) is 40.0. The molecule has 335 valence electrons. The number of carbonyl (C=O) groups is 5. The van der Waals surface area contributed by atoms with Crippen molar-refractivity contribution in [2.24, 2.45) is 29.6 Å². The summed E-state index contributed by atoms with van der Waals surface area (Å²) < 4.78 is 0. The van der Waals surface area contributed by atoms with Crippen LogP contribution < -0.4 is 0 Å². The quantitative estimate of drug-likeness (QED) is 0.0343. The Morgan fingerprint density at radius 2 is 0.393 bits per heavy atom. The molecule has 0 rings (SSSR count). The maximum absolute atomic E-state index is 10.1. The molecule has 0 aliphatic heterocycles. The van der Waals surface area contributed by atoms with Gasteiger partial charge in [0.1, 0.15) is 0 Å². The van der Waals surface area contributed by atoms with E-state index in [-0.39, 0.29) is 22.4 Å². The summed E-state index contributed by atoms with van der Waals surface area (Å²) in [4.78, 5) is 50.5. The predicted molar refractivity (Wildman–Crippen MR) is 228 cm³/mol. The molecule has 0 spiro atoms. The van der Waals surface area contributed by atoms with Gasteiger partial charge in [0.15, 0.2) is 0 Å². The first-order chi connectivity index (χ1) is 25.6. The van der Waals surface area contributed by atoms with Gasteiger partial charge >= 0.3 is 29.8 Å². The Bertz CT molecular complexity index is 710. The van der Waals surface area contributed by atoms with Crippen LogP contribution in [-0.2, 0) is 46.4 Å². The fourth-order valence-corrected chi connectivity index (χ4v) is 5.03. The van der Waals surface area contributed by atoms with E-state index in [1.54, 1.807) is 0 Å². The molecule has 0 aromatic rings. The Morgan fingerprint density at radius 1 is 0.268 bits per heavy atom. The summed E-state index contributed by atoms with van der Waals surface area (Å²) >= 11 is 0. The second kappa shape index (κ2) is 51.1. The first-order valence-corrected chi connectivity index (χ1v) is 21.7. The maximum atomic E-state index is 10.1. The fourth-order valence-electron chi connectivity index (χ4n) is 5.03. The van der Waals surface area contributed by atoms with Crippen LogP contribution in [0.2, 0.25) is 0 Å². The third-order valence-electron chi connectivity index (χ3n) is 8.36. The summed E-state index contributed by atoms with van der Waals surface area (Å²) in [6.07, 6.45) is 23.1. The van der Waals surface area contributed by atoms with Gasteiger partial charge in [-0.25, -0.2) is 0 Å². The molecule has 0 aromatic carbocycles. The van der Waals surface area contributed by atoms with Crippen molar-refractivity contribution in [3.8, 4) is 0 Å². The van der Waals surface area contributed by atoms with Gasteiger partial charge in [-0.1, -0.05) is 166 Å². The Balaban J connectivity index is -0.000000139. The number of carboxylic acid groups (broad SMARTS) is 5. The van der Waals surface area contributed by atoms with Crippen LogP contribution in [0.15, 0.2) is 0 Å². The summed E-state index contributed by atoms with van der Waals surface area (Å²) in [5.41, 5.74) is 0. The molecule has 0 fully saturated rings. The summed E-state index contributed by atoms with van der Waals surface area (Å²) in [7, 11) is 0. The summed E-state index contributed by atoms with van der Waals surface area (Å²) in [5.74, 6) is 0.391. The molecule has 1 radical (unpaired) electrons. The van der Waals surface area contributed by atoms with Crippen LogP contribution in [0.4, 0.5) is 0 Å². The standard InChI is InChI=1S/5C9H18O2.Nb/c5*1-8(2)6-4-3-5-7-9(10)11;/h5*8H,3-7H2,1-2H3,(H,10,11);. The van der Waals surface area contributed by atoms with Crippen molar-refractivity contribution in [2.75, 3.05) is 0 Å². The number of unbranched alkanes of at least 4 members (excludes halogenated alkanes) is 10. The zero-order chi connectivity index (χ0) is 43.5. The molecule has 10 nitrogen and oxygen atoms in total. The van der Waals surface area contributed by atoms with Gasteiger partial charge in [0.2, 0.25) is 0 Å². The van der Waals surface area contributed by atoms with Crippen LogP contribution >= 0.6 is 0 Å². The van der Waals surface area contributed by atoms with Gasteiger partial charge in [0.05, 0.1) is 0 Å². The van der Waals surface area contributed by atoms with E-state index in [4.69, 9.17) is 25.5 Å².